The summed E-state index contributed by atoms with van der Waals surface area (Å²) in [6, 6.07) is 0.773. The zero-order chi connectivity index (χ0) is 9.54. The number of hydrogen-bond donors (Lipinski definition) is 1. The van der Waals surface area contributed by atoms with Gasteiger partial charge in [0.05, 0.1) is 12.0 Å². The fourth-order valence-corrected chi connectivity index (χ4v) is 2.56. The minimum Gasteiger partial charge on any atom is -0.331 e. The average Bonchev–Trinajstić information content (AvgIpc) is 2.90. The van der Waals surface area contributed by atoms with Crippen molar-refractivity contribution in [2.75, 3.05) is 6.54 Å². The van der Waals surface area contributed by atoms with E-state index in [0.717, 1.165) is 31.5 Å². The van der Waals surface area contributed by atoms with Crippen LogP contribution in [0, 0.1) is 5.92 Å². The van der Waals surface area contributed by atoms with Crippen LogP contribution in [-0.2, 0) is 13.0 Å². The zero-order valence-corrected chi connectivity index (χ0v) is 8.66. The Morgan fingerprint density at radius 2 is 2.57 bits per heavy atom. The summed E-state index contributed by atoms with van der Waals surface area (Å²) in [6.45, 7) is 4.36. The number of fused-ring (bicyclic) bond motifs is 1. The molecule has 0 aromatic carbocycles. The van der Waals surface area contributed by atoms with Crippen LogP contribution in [0.3, 0.4) is 0 Å². The monoisotopic (exact) mass is 191 g/mol. The van der Waals surface area contributed by atoms with Crippen LogP contribution in [0.2, 0.25) is 0 Å². The molecule has 1 saturated carbocycles. The number of nitrogens with one attached hydrogen (secondary N) is 1. The third kappa shape index (κ3) is 1.19. The molecule has 1 N–H and O–H groups in total. The molecule has 3 rings (SSSR count). The molecule has 2 unspecified atom stereocenters. The van der Waals surface area contributed by atoms with Gasteiger partial charge in [-0.05, 0) is 12.3 Å². The molecule has 1 fully saturated rings. The van der Waals surface area contributed by atoms with E-state index >= 15 is 0 Å². The van der Waals surface area contributed by atoms with E-state index in [1.807, 2.05) is 0 Å². The predicted octanol–water partition coefficient (Wildman–Crippen LogP) is 1.50. The lowest BCUT2D eigenvalue weighted by Gasteiger charge is -2.15. The quantitative estimate of drug-likeness (QED) is 0.767. The molecule has 76 valence electrons. The summed E-state index contributed by atoms with van der Waals surface area (Å²) in [4.78, 5) is 4.49. The van der Waals surface area contributed by atoms with Gasteiger partial charge >= 0.3 is 0 Å². The minimum absolute atomic E-state index is 0.773. The molecule has 1 aliphatic heterocycles. The Labute approximate surface area is 84.5 Å². The van der Waals surface area contributed by atoms with Crippen LogP contribution in [0.15, 0.2) is 6.33 Å². The summed E-state index contributed by atoms with van der Waals surface area (Å²) in [5.74, 6) is 0.920. The molecule has 3 heteroatoms. The van der Waals surface area contributed by atoms with Gasteiger partial charge in [0.2, 0.25) is 0 Å². The van der Waals surface area contributed by atoms with Gasteiger partial charge in [-0.2, -0.15) is 0 Å². The molecule has 1 aliphatic carbocycles. The Morgan fingerprint density at radius 3 is 3.36 bits per heavy atom. The van der Waals surface area contributed by atoms with E-state index in [9.17, 15) is 0 Å². The fourth-order valence-electron chi connectivity index (χ4n) is 2.56. The maximum atomic E-state index is 4.49. The van der Waals surface area contributed by atoms with Crippen molar-refractivity contribution >= 4 is 0 Å². The summed E-state index contributed by atoms with van der Waals surface area (Å²) in [5.41, 5.74) is 2.77. The van der Waals surface area contributed by atoms with Crippen molar-refractivity contribution in [1.82, 2.24) is 14.9 Å². The molecule has 1 aromatic heterocycles. The van der Waals surface area contributed by atoms with Crippen molar-refractivity contribution in [3.63, 3.8) is 0 Å². The Kier molecular flexibility index (Phi) is 1.87. The summed E-state index contributed by atoms with van der Waals surface area (Å²) in [5, 5.41) is 3.36. The van der Waals surface area contributed by atoms with Crippen LogP contribution >= 0.6 is 0 Å². The largest absolute Gasteiger partial charge is 0.331 e. The lowest BCUT2D eigenvalue weighted by Crippen LogP contribution is -2.25. The summed E-state index contributed by atoms with van der Waals surface area (Å²) in [7, 11) is 0. The first-order chi connectivity index (χ1) is 6.90. The van der Waals surface area contributed by atoms with Crippen LogP contribution in [0.5, 0.6) is 0 Å². The smallest absolute Gasteiger partial charge is 0.0954 e. The van der Waals surface area contributed by atoms with Crippen LogP contribution in [-0.4, -0.2) is 16.1 Å². The summed E-state index contributed by atoms with van der Waals surface area (Å²) < 4.78 is 2.43. The van der Waals surface area contributed by atoms with Crippen LogP contribution in [0.4, 0.5) is 0 Å². The van der Waals surface area contributed by atoms with Crippen molar-refractivity contribution in [3.8, 4) is 0 Å². The average molecular weight is 191 g/mol. The van der Waals surface area contributed by atoms with Crippen LogP contribution < -0.4 is 5.32 Å². The van der Waals surface area contributed by atoms with Crippen LogP contribution in [0.1, 0.15) is 37.2 Å². The number of aromatic nitrogens is 2. The Balaban J connectivity index is 1.88. The van der Waals surface area contributed by atoms with E-state index in [4.69, 9.17) is 0 Å². The summed E-state index contributed by atoms with van der Waals surface area (Å²) >= 11 is 0. The maximum Gasteiger partial charge on any atom is 0.0954 e. The molecule has 2 heterocycles. The van der Waals surface area contributed by atoms with E-state index in [0.29, 0.717) is 0 Å². The number of rotatable bonds is 2. The highest BCUT2D eigenvalue weighted by Gasteiger charge is 2.38. The van der Waals surface area contributed by atoms with E-state index in [1.165, 1.54) is 24.2 Å². The molecule has 0 spiro atoms. The zero-order valence-electron chi connectivity index (χ0n) is 8.66. The summed E-state index contributed by atoms with van der Waals surface area (Å²) in [6.07, 6.45) is 5.89. The molecule has 14 heavy (non-hydrogen) atoms. The first kappa shape index (κ1) is 8.48. The first-order valence-electron chi connectivity index (χ1n) is 5.65. The van der Waals surface area contributed by atoms with Gasteiger partial charge in [0, 0.05) is 31.2 Å². The highest BCUT2D eigenvalue weighted by molar-refractivity contribution is 5.19. The molecular weight excluding hydrogens is 174 g/mol. The fraction of sp³-hybridized carbons (Fsp3) is 0.727. The number of hydrogen-bond acceptors (Lipinski definition) is 2. The van der Waals surface area contributed by atoms with Gasteiger partial charge in [-0.25, -0.2) is 4.98 Å². The van der Waals surface area contributed by atoms with Gasteiger partial charge in [-0.1, -0.05) is 13.3 Å². The second kappa shape index (κ2) is 3.09. The highest BCUT2D eigenvalue weighted by Crippen LogP contribution is 2.46. The third-order valence-electron chi connectivity index (χ3n) is 3.58. The molecule has 0 saturated heterocycles. The predicted molar refractivity (Wildman–Crippen MR) is 55.1 cm³/mol. The van der Waals surface area contributed by atoms with Gasteiger partial charge in [-0.3, -0.25) is 0 Å². The minimum atomic E-state index is 0.773. The van der Waals surface area contributed by atoms with Gasteiger partial charge in [0.1, 0.15) is 0 Å². The normalized spacial score (nSPS) is 30.1. The highest BCUT2D eigenvalue weighted by atomic mass is 15.1. The topological polar surface area (TPSA) is 29.9 Å². The number of imidazole rings is 1. The lowest BCUT2D eigenvalue weighted by molar-refractivity contribution is 0.571. The van der Waals surface area contributed by atoms with Crippen molar-refractivity contribution in [1.29, 1.82) is 0 Å². The Bertz CT molecular complexity index is 342. The molecule has 2 aliphatic rings. The van der Waals surface area contributed by atoms with Gasteiger partial charge in [0.25, 0.3) is 0 Å². The molecule has 1 aromatic rings. The van der Waals surface area contributed by atoms with Gasteiger partial charge in [-0.15, -0.1) is 0 Å². The molecule has 2 atom stereocenters. The second-order valence-electron chi connectivity index (χ2n) is 4.44. The number of nitrogens with zero attached hydrogens (tertiary/aromatic N) is 2. The SMILES string of the molecule is CCC1CC1n1cnc2c1CCNC2. The van der Waals surface area contributed by atoms with Gasteiger partial charge in [0.15, 0.2) is 0 Å². The van der Waals surface area contributed by atoms with Crippen molar-refractivity contribution in [2.24, 2.45) is 5.92 Å². The van der Waals surface area contributed by atoms with Gasteiger partial charge < -0.3 is 9.88 Å². The third-order valence-corrected chi connectivity index (χ3v) is 3.58. The van der Waals surface area contributed by atoms with Crippen LogP contribution in [0.25, 0.3) is 0 Å². The maximum absolute atomic E-state index is 4.49. The Morgan fingerprint density at radius 1 is 1.64 bits per heavy atom. The van der Waals surface area contributed by atoms with E-state index < -0.39 is 0 Å². The Hall–Kier alpha value is -0.830. The van der Waals surface area contributed by atoms with Crippen molar-refractivity contribution in [2.45, 2.75) is 38.8 Å². The van der Waals surface area contributed by atoms with E-state index in [1.54, 1.807) is 0 Å². The van der Waals surface area contributed by atoms with Crippen molar-refractivity contribution < 1.29 is 0 Å². The molecular formula is C11H17N3. The lowest BCUT2D eigenvalue weighted by atomic mass is 10.2. The van der Waals surface area contributed by atoms with E-state index in [-0.39, 0.29) is 0 Å². The second-order valence-corrected chi connectivity index (χ2v) is 4.44. The molecule has 0 bridgehead atoms. The molecule has 0 radical (unpaired) electrons. The van der Waals surface area contributed by atoms with E-state index in [2.05, 4.69) is 28.1 Å². The standard InChI is InChI=1S/C11H17N3/c1-2-8-5-11(8)14-7-13-9-6-12-4-3-10(9)14/h7-8,11-12H,2-6H2,1H3. The molecule has 3 nitrogen and oxygen atoms in total. The first-order valence-corrected chi connectivity index (χ1v) is 5.65. The molecule has 0 amide bonds. The van der Waals surface area contributed by atoms with Crippen molar-refractivity contribution in [3.05, 3.63) is 17.7 Å².